The molecule has 7 heteroatoms. The number of nitrogens with one attached hydrogen (secondary N) is 1. The van der Waals surface area contributed by atoms with Gasteiger partial charge in [-0.25, -0.2) is 9.78 Å². The van der Waals surface area contributed by atoms with Crippen LogP contribution in [-0.4, -0.2) is 40.0 Å². The number of H-pyrrole nitrogens is 1. The van der Waals surface area contributed by atoms with E-state index in [9.17, 15) is 4.79 Å². The first-order chi connectivity index (χ1) is 12.2. The van der Waals surface area contributed by atoms with Gasteiger partial charge in [-0.2, -0.15) is 0 Å². The van der Waals surface area contributed by atoms with Gasteiger partial charge in [0.15, 0.2) is 5.16 Å². The fourth-order valence-corrected chi connectivity index (χ4v) is 3.32. The van der Waals surface area contributed by atoms with Crippen LogP contribution in [0.3, 0.4) is 0 Å². The minimum Gasteiger partial charge on any atom is -0.461 e. The van der Waals surface area contributed by atoms with Gasteiger partial charge in [-0.15, -0.1) is 0 Å². The molecule has 0 saturated carbocycles. The number of hydrogen-bond acceptors (Lipinski definition) is 5. The molecular formula is C18H21N3O3S. The monoisotopic (exact) mass is 359 g/mol. The van der Waals surface area contributed by atoms with E-state index in [4.69, 9.17) is 9.47 Å². The number of thioether (sulfide) groups is 1. The van der Waals surface area contributed by atoms with E-state index in [1.807, 2.05) is 42.0 Å². The third-order valence-electron chi connectivity index (χ3n) is 3.87. The first-order valence-electron chi connectivity index (χ1n) is 8.16. The van der Waals surface area contributed by atoms with Gasteiger partial charge in [0.1, 0.15) is 12.4 Å². The van der Waals surface area contributed by atoms with Crippen LogP contribution in [0.25, 0.3) is 22.2 Å². The van der Waals surface area contributed by atoms with Crippen molar-refractivity contribution < 1.29 is 14.3 Å². The minimum atomic E-state index is -0.372. The molecule has 0 spiro atoms. The lowest BCUT2D eigenvalue weighted by molar-refractivity contribution is 0.0521. The number of aromatic amines is 1. The lowest BCUT2D eigenvalue weighted by Gasteiger charge is -2.11. The Hall–Kier alpha value is -2.25. The molecular weight excluding hydrogens is 338 g/mol. The van der Waals surface area contributed by atoms with E-state index in [2.05, 4.69) is 9.97 Å². The molecule has 0 amide bonds. The Morgan fingerprint density at radius 1 is 1.28 bits per heavy atom. The molecule has 0 fully saturated rings. The summed E-state index contributed by atoms with van der Waals surface area (Å²) in [5, 5.41) is 1.79. The Bertz CT molecular complexity index is 885. The van der Waals surface area contributed by atoms with Crippen molar-refractivity contribution in [1.82, 2.24) is 14.5 Å². The maximum atomic E-state index is 12.5. The standard InChI is InChI=1S/C18H21N3O3S/c1-4-23-11-21-14(10-19-18(21)25-3)15-12-8-6-7-9-13(12)20-16(15)17(22)24-5-2/h6-10,20H,4-5,11H2,1-3H3. The van der Waals surface area contributed by atoms with Gasteiger partial charge in [0, 0.05) is 23.1 Å². The van der Waals surface area contributed by atoms with Crippen LogP contribution in [0.5, 0.6) is 0 Å². The summed E-state index contributed by atoms with van der Waals surface area (Å²) >= 11 is 1.54. The van der Waals surface area contributed by atoms with Gasteiger partial charge in [-0.05, 0) is 26.2 Å². The van der Waals surface area contributed by atoms with Crippen molar-refractivity contribution in [3.8, 4) is 11.3 Å². The average Bonchev–Trinajstić information content (AvgIpc) is 3.20. The normalized spacial score (nSPS) is 11.2. The van der Waals surface area contributed by atoms with Crippen LogP contribution in [0.15, 0.2) is 35.6 Å². The van der Waals surface area contributed by atoms with E-state index in [-0.39, 0.29) is 5.97 Å². The molecule has 0 aliphatic carbocycles. The number of aromatic nitrogens is 3. The smallest absolute Gasteiger partial charge is 0.355 e. The molecule has 0 atom stereocenters. The number of para-hydroxylation sites is 1. The average molecular weight is 359 g/mol. The molecule has 25 heavy (non-hydrogen) atoms. The number of fused-ring (bicyclic) bond motifs is 1. The van der Waals surface area contributed by atoms with E-state index in [0.717, 1.165) is 27.3 Å². The molecule has 0 saturated heterocycles. The molecule has 132 valence electrons. The zero-order valence-electron chi connectivity index (χ0n) is 14.5. The SMILES string of the molecule is CCOCn1c(-c2c(C(=O)OCC)[nH]c3ccccc23)cnc1SC. The highest BCUT2D eigenvalue weighted by molar-refractivity contribution is 7.98. The maximum absolute atomic E-state index is 12.5. The molecule has 3 rings (SSSR count). The van der Waals surface area contributed by atoms with Gasteiger partial charge >= 0.3 is 5.97 Å². The van der Waals surface area contributed by atoms with Gasteiger partial charge in [-0.1, -0.05) is 30.0 Å². The van der Waals surface area contributed by atoms with Crippen LogP contribution >= 0.6 is 11.8 Å². The lowest BCUT2D eigenvalue weighted by Crippen LogP contribution is -2.09. The Morgan fingerprint density at radius 2 is 2.08 bits per heavy atom. The summed E-state index contributed by atoms with van der Waals surface area (Å²) in [6.07, 6.45) is 3.75. The molecule has 0 radical (unpaired) electrons. The fourth-order valence-electron chi connectivity index (χ4n) is 2.79. The third-order valence-corrected chi connectivity index (χ3v) is 4.56. The molecule has 1 aromatic carbocycles. The van der Waals surface area contributed by atoms with E-state index < -0.39 is 0 Å². The van der Waals surface area contributed by atoms with Crippen LogP contribution < -0.4 is 0 Å². The number of carbonyl (C=O) groups excluding carboxylic acids is 1. The highest BCUT2D eigenvalue weighted by Crippen LogP contribution is 2.34. The quantitative estimate of drug-likeness (QED) is 0.511. The molecule has 0 aliphatic rings. The van der Waals surface area contributed by atoms with Crippen molar-refractivity contribution in [2.75, 3.05) is 19.5 Å². The largest absolute Gasteiger partial charge is 0.461 e. The summed E-state index contributed by atoms with van der Waals surface area (Å²) in [7, 11) is 0. The Balaban J connectivity index is 2.22. The molecule has 0 unspecified atom stereocenters. The van der Waals surface area contributed by atoms with Crippen molar-refractivity contribution in [3.63, 3.8) is 0 Å². The van der Waals surface area contributed by atoms with Crippen LogP contribution in [0.2, 0.25) is 0 Å². The van der Waals surface area contributed by atoms with Crippen LogP contribution in [-0.2, 0) is 16.2 Å². The molecule has 0 bridgehead atoms. The third kappa shape index (κ3) is 3.29. The van der Waals surface area contributed by atoms with E-state index in [0.29, 0.717) is 25.6 Å². The topological polar surface area (TPSA) is 69.1 Å². The second kappa shape index (κ2) is 7.76. The molecule has 2 heterocycles. The number of hydrogen-bond donors (Lipinski definition) is 1. The molecule has 6 nitrogen and oxygen atoms in total. The number of benzene rings is 1. The highest BCUT2D eigenvalue weighted by Gasteiger charge is 2.24. The minimum absolute atomic E-state index is 0.321. The van der Waals surface area contributed by atoms with Gasteiger partial charge in [-0.3, -0.25) is 4.57 Å². The van der Waals surface area contributed by atoms with E-state index >= 15 is 0 Å². The summed E-state index contributed by atoms with van der Waals surface area (Å²) in [5.41, 5.74) is 2.95. The fraction of sp³-hybridized carbons (Fsp3) is 0.333. The van der Waals surface area contributed by atoms with Crippen molar-refractivity contribution in [3.05, 3.63) is 36.2 Å². The van der Waals surface area contributed by atoms with Gasteiger partial charge in [0.2, 0.25) is 0 Å². The van der Waals surface area contributed by atoms with E-state index in [1.54, 1.807) is 13.1 Å². The summed E-state index contributed by atoms with van der Waals surface area (Å²) in [6, 6.07) is 7.82. The number of ether oxygens (including phenoxy) is 2. The predicted molar refractivity (Wildman–Crippen MR) is 98.9 cm³/mol. The van der Waals surface area contributed by atoms with Crippen molar-refractivity contribution in [2.45, 2.75) is 25.7 Å². The highest BCUT2D eigenvalue weighted by atomic mass is 32.2. The van der Waals surface area contributed by atoms with Gasteiger partial charge in [0.05, 0.1) is 18.5 Å². The Morgan fingerprint density at radius 3 is 2.80 bits per heavy atom. The summed E-state index contributed by atoms with van der Waals surface area (Å²) < 4.78 is 12.8. The zero-order chi connectivity index (χ0) is 17.8. The van der Waals surface area contributed by atoms with Crippen molar-refractivity contribution >= 4 is 28.6 Å². The number of imidazole rings is 1. The number of esters is 1. The maximum Gasteiger partial charge on any atom is 0.355 e. The number of rotatable bonds is 7. The molecule has 2 aromatic heterocycles. The molecule has 3 aromatic rings. The molecule has 0 aliphatic heterocycles. The second-order valence-electron chi connectivity index (χ2n) is 5.32. The Kier molecular flexibility index (Phi) is 5.45. The zero-order valence-corrected chi connectivity index (χ0v) is 15.4. The number of nitrogens with zero attached hydrogens (tertiary/aromatic N) is 2. The first-order valence-corrected chi connectivity index (χ1v) is 9.39. The van der Waals surface area contributed by atoms with Gasteiger partial charge < -0.3 is 14.5 Å². The van der Waals surface area contributed by atoms with E-state index in [1.165, 1.54) is 11.8 Å². The predicted octanol–water partition coefficient (Wildman–Crippen LogP) is 3.92. The van der Waals surface area contributed by atoms with Crippen molar-refractivity contribution in [2.24, 2.45) is 0 Å². The summed E-state index contributed by atoms with van der Waals surface area (Å²) in [6.45, 7) is 5.05. The van der Waals surface area contributed by atoms with Crippen molar-refractivity contribution in [1.29, 1.82) is 0 Å². The lowest BCUT2D eigenvalue weighted by atomic mass is 10.1. The number of carbonyl (C=O) groups is 1. The first kappa shape index (κ1) is 17.6. The molecule has 1 N–H and O–H groups in total. The Labute approximate surface area is 150 Å². The van der Waals surface area contributed by atoms with Crippen LogP contribution in [0, 0.1) is 0 Å². The van der Waals surface area contributed by atoms with Crippen LogP contribution in [0.1, 0.15) is 24.3 Å². The second-order valence-corrected chi connectivity index (χ2v) is 6.09. The summed E-state index contributed by atoms with van der Waals surface area (Å²) in [5.74, 6) is -0.372. The summed E-state index contributed by atoms with van der Waals surface area (Å²) in [4.78, 5) is 20.2. The van der Waals surface area contributed by atoms with Crippen LogP contribution in [0.4, 0.5) is 0 Å². The van der Waals surface area contributed by atoms with Gasteiger partial charge in [0.25, 0.3) is 0 Å².